The van der Waals surface area contributed by atoms with Gasteiger partial charge in [-0.2, -0.15) is 0 Å². The van der Waals surface area contributed by atoms with Crippen LogP contribution in [0.25, 0.3) is 0 Å². The third-order valence-electron chi connectivity index (χ3n) is 3.62. The number of amides is 1. The highest BCUT2D eigenvalue weighted by Gasteiger charge is 2.09. The summed E-state index contributed by atoms with van der Waals surface area (Å²) in [7, 11) is 1.80. The number of hydrogen-bond acceptors (Lipinski definition) is 2. The minimum absolute atomic E-state index is 0.0724. The number of carbonyl (C=O) groups is 1. The van der Waals surface area contributed by atoms with E-state index < -0.39 is 0 Å². The summed E-state index contributed by atoms with van der Waals surface area (Å²) in [5.41, 5.74) is 2.03. The molecule has 0 aliphatic heterocycles. The number of aryl methyl sites for hydroxylation is 1. The summed E-state index contributed by atoms with van der Waals surface area (Å²) in [4.78, 5) is 13.9. The summed E-state index contributed by atoms with van der Waals surface area (Å²) in [6.07, 6.45) is 1.03. The van der Waals surface area contributed by atoms with Crippen molar-refractivity contribution in [2.24, 2.45) is 0 Å². The van der Waals surface area contributed by atoms with Crippen molar-refractivity contribution in [1.82, 2.24) is 4.90 Å². The topological polar surface area (TPSA) is 29.5 Å². The molecule has 4 heteroatoms. The average Bonchev–Trinajstić information content (AvgIpc) is 2.56. The van der Waals surface area contributed by atoms with Gasteiger partial charge in [0, 0.05) is 20.0 Å². The van der Waals surface area contributed by atoms with Crippen molar-refractivity contribution < 1.29 is 13.9 Å². The van der Waals surface area contributed by atoms with E-state index >= 15 is 0 Å². The van der Waals surface area contributed by atoms with Crippen LogP contribution in [0.1, 0.15) is 24.5 Å². The molecule has 1 amide bonds. The molecule has 0 saturated carbocycles. The standard InChI is InChI=1S/C19H22FNO2/c1-3-23-18-11-6-16(7-12-18)14-21(2)19(22)13-8-15-4-9-17(20)10-5-15/h4-7,9-12H,3,8,13-14H2,1-2H3. The average molecular weight is 315 g/mol. The van der Waals surface area contributed by atoms with E-state index in [-0.39, 0.29) is 11.7 Å². The molecule has 2 aromatic rings. The maximum Gasteiger partial charge on any atom is 0.222 e. The Labute approximate surface area is 136 Å². The molecule has 0 aliphatic carbocycles. The Kier molecular flexibility index (Phi) is 6.15. The summed E-state index contributed by atoms with van der Waals surface area (Å²) >= 11 is 0. The largest absolute Gasteiger partial charge is 0.494 e. The molecule has 0 radical (unpaired) electrons. The maximum atomic E-state index is 12.8. The van der Waals surface area contributed by atoms with Crippen LogP contribution in [-0.4, -0.2) is 24.5 Å². The van der Waals surface area contributed by atoms with Crippen molar-refractivity contribution in [3.8, 4) is 5.75 Å². The van der Waals surface area contributed by atoms with Gasteiger partial charge in [-0.3, -0.25) is 4.79 Å². The van der Waals surface area contributed by atoms with Crippen LogP contribution in [0.3, 0.4) is 0 Å². The third kappa shape index (κ3) is 5.40. The lowest BCUT2D eigenvalue weighted by Gasteiger charge is -2.17. The fourth-order valence-electron chi connectivity index (χ4n) is 2.31. The van der Waals surface area contributed by atoms with Gasteiger partial charge < -0.3 is 9.64 Å². The molecule has 2 aromatic carbocycles. The van der Waals surface area contributed by atoms with Gasteiger partial charge in [0.05, 0.1) is 6.61 Å². The number of nitrogens with zero attached hydrogens (tertiary/aromatic N) is 1. The molecular weight excluding hydrogens is 293 g/mol. The molecule has 0 fully saturated rings. The first-order valence-electron chi connectivity index (χ1n) is 7.78. The van der Waals surface area contributed by atoms with E-state index in [1.165, 1.54) is 12.1 Å². The van der Waals surface area contributed by atoms with Gasteiger partial charge in [-0.1, -0.05) is 24.3 Å². The highest BCUT2D eigenvalue weighted by atomic mass is 19.1. The lowest BCUT2D eigenvalue weighted by atomic mass is 10.1. The van der Waals surface area contributed by atoms with Crippen LogP contribution in [0.4, 0.5) is 4.39 Å². The number of halogens is 1. The molecule has 0 aromatic heterocycles. The van der Waals surface area contributed by atoms with Crippen molar-refractivity contribution >= 4 is 5.91 Å². The maximum absolute atomic E-state index is 12.8. The second kappa shape index (κ2) is 8.32. The highest BCUT2D eigenvalue weighted by Crippen LogP contribution is 2.14. The van der Waals surface area contributed by atoms with Crippen LogP contribution in [0, 0.1) is 5.82 Å². The molecule has 122 valence electrons. The zero-order valence-electron chi connectivity index (χ0n) is 13.6. The van der Waals surface area contributed by atoms with Crippen LogP contribution < -0.4 is 4.74 Å². The Balaban J connectivity index is 1.83. The van der Waals surface area contributed by atoms with E-state index in [2.05, 4.69) is 0 Å². The molecule has 0 unspecified atom stereocenters. The van der Waals surface area contributed by atoms with Crippen LogP contribution in [0.5, 0.6) is 5.75 Å². The Morgan fingerprint density at radius 1 is 1.04 bits per heavy atom. The predicted octanol–water partition coefficient (Wildman–Crippen LogP) is 3.82. The first kappa shape index (κ1) is 17.0. The molecular formula is C19H22FNO2. The quantitative estimate of drug-likeness (QED) is 0.777. The van der Waals surface area contributed by atoms with Crippen molar-refractivity contribution in [3.63, 3.8) is 0 Å². The van der Waals surface area contributed by atoms with Gasteiger partial charge in [0.2, 0.25) is 5.91 Å². The molecule has 3 nitrogen and oxygen atoms in total. The first-order chi connectivity index (χ1) is 11.1. The molecule has 0 aliphatic rings. The SMILES string of the molecule is CCOc1ccc(CN(C)C(=O)CCc2ccc(F)cc2)cc1. The van der Waals surface area contributed by atoms with Crippen molar-refractivity contribution in [3.05, 3.63) is 65.5 Å². The molecule has 2 rings (SSSR count). The summed E-state index contributed by atoms with van der Waals surface area (Å²) in [6, 6.07) is 14.0. The Morgan fingerprint density at radius 3 is 2.26 bits per heavy atom. The Morgan fingerprint density at radius 2 is 1.65 bits per heavy atom. The lowest BCUT2D eigenvalue weighted by molar-refractivity contribution is -0.130. The van der Waals surface area contributed by atoms with Gasteiger partial charge in [-0.05, 0) is 48.7 Å². The third-order valence-corrected chi connectivity index (χ3v) is 3.62. The van der Waals surface area contributed by atoms with Crippen molar-refractivity contribution in [2.45, 2.75) is 26.3 Å². The van der Waals surface area contributed by atoms with Gasteiger partial charge >= 0.3 is 0 Å². The van der Waals surface area contributed by atoms with Crippen molar-refractivity contribution in [1.29, 1.82) is 0 Å². The molecule has 0 atom stereocenters. The lowest BCUT2D eigenvalue weighted by Crippen LogP contribution is -2.26. The number of carbonyl (C=O) groups excluding carboxylic acids is 1. The number of ether oxygens (including phenoxy) is 1. The van der Waals surface area contributed by atoms with Gasteiger partial charge in [-0.25, -0.2) is 4.39 Å². The van der Waals surface area contributed by atoms with E-state index in [4.69, 9.17) is 4.74 Å². The minimum atomic E-state index is -0.257. The Hall–Kier alpha value is -2.36. The first-order valence-corrected chi connectivity index (χ1v) is 7.78. The molecule has 0 saturated heterocycles. The number of hydrogen-bond donors (Lipinski definition) is 0. The minimum Gasteiger partial charge on any atom is -0.494 e. The van der Waals surface area contributed by atoms with Crippen LogP contribution in [0.2, 0.25) is 0 Å². The van der Waals surface area contributed by atoms with E-state index in [9.17, 15) is 9.18 Å². The summed E-state index contributed by atoms with van der Waals surface area (Å²) < 4.78 is 18.3. The van der Waals surface area contributed by atoms with Crippen LogP contribution in [0.15, 0.2) is 48.5 Å². The molecule has 0 heterocycles. The van der Waals surface area contributed by atoms with Gasteiger partial charge in [0.25, 0.3) is 0 Å². The second-order valence-corrected chi connectivity index (χ2v) is 5.45. The van der Waals surface area contributed by atoms with E-state index in [1.807, 2.05) is 31.2 Å². The summed E-state index contributed by atoms with van der Waals surface area (Å²) in [6.45, 7) is 3.15. The molecule has 23 heavy (non-hydrogen) atoms. The van der Waals surface area contributed by atoms with Crippen molar-refractivity contribution in [2.75, 3.05) is 13.7 Å². The monoisotopic (exact) mass is 315 g/mol. The predicted molar refractivity (Wildman–Crippen MR) is 88.8 cm³/mol. The normalized spacial score (nSPS) is 10.4. The number of rotatable bonds is 7. The van der Waals surface area contributed by atoms with Crippen LogP contribution in [-0.2, 0) is 17.8 Å². The zero-order valence-corrected chi connectivity index (χ0v) is 13.6. The van der Waals surface area contributed by atoms with E-state index in [0.717, 1.165) is 16.9 Å². The van der Waals surface area contributed by atoms with Gasteiger partial charge in [-0.15, -0.1) is 0 Å². The fraction of sp³-hybridized carbons (Fsp3) is 0.316. The van der Waals surface area contributed by atoms with Gasteiger partial charge in [0.1, 0.15) is 11.6 Å². The Bertz CT molecular complexity index is 623. The fourth-order valence-corrected chi connectivity index (χ4v) is 2.31. The second-order valence-electron chi connectivity index (χ2n) is 5.45. The van der Waals surface area contributed by atoms with E-state index in [1.54, 1.807) is 24.1 Å². The molecule has 0 spiro atoms. The zero-order chi connectivity index (χ0) is 16.7. The highest BCUT2D eigenvalue weighted by molar-refractivity contribution is 5.76. The van der Waals surface area contributed by atoms with E-state index in [0.29, 0.717) is 26.0 Å². The van der Waals surface area contributed by atoms with Crippen LogP contribution >= 0.6 is 0 Å². The summed E-state index contributed by atoms with van der Waals surface area (Å²) in [5.74, 6) is 0.650. The summed E-state index contributed by atoms with van der Waals surface area (Å²) in [5, 5.41) is 0. The number of benzene rings is 2. The molecule has 0 N–H and O–H groups in total. The smallest absolute Gasteiger partial charge is 0.222 e. The van der Waals surface area contributed by atoms with Gasteiger partial charge in [0.15, 0.2) is 0 Å². The molecule has 0 bridgehead atoms.